The van der Waals surface area contributed by atoms with Crippen LogP contribution >= 0.6 is 0 Å². The van der Waals surface area contributed by atoms with E-state index < -0.39 is 0 Å². The Kier molecular flexibility index (Phi) is 6.84. The number of carbonyl (C=O) groups excluding carboxylic acids is 1. The molecule has 0 saturated carbocycles. The summed E-state index contributed by atoms with van der Waals surface area (Å²) >= 11 is 0. The molecule has 0 atom stereocenters. The Labute approximate surface area is 182 Å². The molecule has 164 valence electrons. The number of aromatic nitrogens is 1. The molecule has 0 bridgehead atoms. The van der Waals surface area contributed by atoms with Gasteiger partial charge in [-0.2, -0.15) is 0 Å². The lowest BCUT2D eigenvalue weighted by molar-refractivity contribution is -0.122. The number of fused-ring (bicyclic) bond motifs is 1. The number of H-pyrrole nitrogens is 1. The molecule has 1 fully saturated rings. The van der Waals surface area contributed by atoms with Crippen LogP contribution in [0.1, 0.15) is 11.1 Å². The highest BCUT2D eigenvalue weighted by Gasteiger charge is 2.20. The molecule has 7 heteroatoms. The van der Waals surface area contributed by atoms with Crippen LogP contribution in [-0.4, -0.2) is 67.1 Å². The molecule has 1 aliphatic rings. The summed E-state index contributed by atoms with van der Waals surface area (Å²) < 4.78 is 18.9. The fourth-order valence-electron chi connectivity index (χ4n) is 4.15. The normalized spacial score (nSPS) is 15.3. The van der Waals surface area contributed by atoms with E-state index in [2.05, 4.69) is 32.2 Å². The van der Waals surface area contributed by atoms with Crippen molar-refractivity contribution in [3.8, 4) is 5.75 Å². The number of nitrogens with zero attached hydrogens (tertiary/aromatic N) is 2. The van der Waals surface area contributed by atoms with E-state index in [1.54, 1.807) is 13.2 Å². The van der Waals surface area contributed by atoms with Crippen LogP contribution in [-0.2, 0) is 17.8 Å². The number of methoxy groups -OCH3 is 1. The van der Waals surface area contributed by atoms with Crippen LogP contribution in [0.2, 0.25) is 0 Å². The first-order chi connectivity index (χ1) is 15.1. The lowest BCUT2D eigenvalue weighted by Gasteiger charge is -2.34. The third-order valence-corrected chi connectivity index (χ3v) is 5.86. The Balaban J connectivity index is 1.19. The van der Waals surface area contributed by atoms with Gasteiger partial charge in [0.1, 0.15) is 11.6 Å². The van der Waals surface area contributed by atoms with E-state index in [1.165, 1.54) is 23.1 Å². The van der Waals surface area contributed by atoms with Crippen LogP contribution in [0.4, 0.5) is 4.39 Å². The smallest absolute Gasteiger partial charge is 0.234 e. The molecule has 2 aromatic carbocycles. The average Bonchev–Trinajstić information content (AvgIpc) is 3.18. The average molecular weight is 425 g/mol. The third-order valence-electron chi connectivity index (χ3n) is 5.86. The van der Waals surface area contributed by atoms with Crippen molar-refractivity contribution in [2.45, 2.75) is 13.0 Å². The second kappa shape index (κ2) is 9.94. The number of carbonyl (C=O) groups is 1. The lowest BCUT2D eigenvalue weighted by Crippen LogP contribution is -2.49. The van der Waals surface area contributed by atoms with Crippen molar-refractivity contribution in [1.82, 2.24) is 20.1 Å². The number of ether oxygens (including phenoxy) is 1. The van der Waals surface area contributed by atoms with E-state index in [0.29, 0.717) is 25.4 Å². The quantitative estimate of drug-likeness (QED) is 0.584. The lowest BCUT2D eigenvalue weighted by atomic mass is 10.1. The summed E-state index contributed by atoms with van der Waals surface area (Å²) in [7, 11) is 1.60. The van der Waals surface area contributed by atoms with Gasteiger partial charge >= 0.3 is 0 Å². The first-order valence-corrected chi connectivity index (χ1v) is 10.7. The van der Waals surface area contributed by atoms with E-state index in [9.17, 15) is 9.18 Å². The zero-order chi connectivity index (χ0) is 21.6. The van der Waals surface area contributed by atoms with E-state index >= 15 is 0 Å². The zero-order valence-electron chi connectivity index (χ0n) is 17.9. The minimum absolute atomic E-state index is 0.0556. The molecule has 4 rings (SSSR count). The SMILES string of the molecule is COc1ccc(F)cc1CN1CCN(CC(=O)NCCc2c[nH]c3ccccc23)CC1. The van der Waals surface area contributed by atoms with Crippen molar-refractivity contribution in [3.63, 3.8) is 0 Å². The molecule has 31 heavy (non-hydrogen) atoms. The molecular weight excluding hydrogens is 395 g/mol. The number of benzene rings is 2. The summed E-state index contributed by atoms with van der Waals surface area (Å²) in [6, 6.07) is 12.8. The van der Waals surface area contributed by atoms with Crippen molar-refractivity contribution in [1.29, 1.82) is 0 Å². The van der Waals surface area contributed by atoms with Crippen LogP contribution < -0.4 is 10.1 Å². The van der Waals surface area contributed by atoms with Crippen molar-refractivity contribution >= 4 is 16.8 Å². The van der Waals surface area contributed by atoms with Gasteiger partial charge in [0, 0.05) is 61.9 Å². The summed E-state index contributed by atoms with van der Waals surface area (Å²) in [5.74, 6) is 0.511. The number of rotatable bonds is 8. The van der Waals surface area contributed by atoms with Gasteiger partial charge < -0.3 is 15.0 Å². The van der Waals surface area contributed by atoms with Gasteiger partial charge in [0.25, 0.3) is 0 Å². The summed E-state index contributed by atoms with van der Waals surface area (Å²) in [6.45, 7) is 4.97. The molecule has 2 N–H and O–H groups in total. The number of amides is 1. The first kappa shape index (κ1) is 21.3. The molecule has 2 heterocycles. The highest BCUT2D eigenvalue weighted by atomic mass is 19.1. The van der Waals surface area contributed by atoms with Gasteiger partial charge in [-0.05, 0) is 36.2 Å². The molecule has 0 radical (unpaired) electrons. The maximum Gasteiger partial charge on any atom is 0.234 e. The molecule has 0 unspecified atom stereocenters. The van der Waals surface area contributed by atoms with E-state index in [1.807, 2.05) is 18.3 Å². The number of aromatic amines is 1. The van der Waals surface area contributed by atoms with Gasteiger partial charge in [0.05, 0.1) is 13.7 Å². The minimum atomic E-state index is -0.251. The van der Waals surface area contributed by atoms with E-state index in [4.69, 9.17) is 4.74 Å². The summed E-state index contributed by atoms with van der Waals surface area (Å²) in [5, 5.41) is 4.25. The Morgan fingerprint density at radius 3 is 2.68 bits per heavy atom. The number of para-hydroxylation sites is 1. The standard InChI is InChI=1S/C24H29FN4O2/c1-31-23-7-6-20(25)14-19(23)16-28-10-12-29(13-11-28)17-24(30)26-9-8-18-15-27-22-5-3-2-4-21(18)22/h2-7,14-15,27H,8-13,16-17H2,1H3,(H,26,30). The van der Waals surface area contributed by atoms with Gasteiger partial charge in [-0.25, -0.2) is 4.39 Å². The Hall–Kier alpha value is -2.90. The fraction of sp³-hybridized carbons (Fsp3) is 0.375. The highest BCUT2D eigenvalue weighted by molar-refractivity contribution is 5.83. The molecule has 3 aromatic rings. The number of hydrogen-bond acceptors (Lipinski definition) is 4. The number of hydrogen-bond donors (Lipinski definition) is 2. The number of piperazine rings is 1. The zero-order valence-corrected chi connectivity index (χ0v) is 17.9. The molecule has 1 saturated heterocycles. The Bertz CT molecular complexity index is 1030. The van der Waals surface area contributed by atoms with Gasteiger partial charge in [-0.1, -0.05) is 18.2 Å². The maximum absolute atomic E-state index is 13.6. The van der Waals surface area contributed by atoms with Gasteiger partial charge in [-0.3, -0.25) is 14.6 Å². The molecule has 0 spiro atoms. The third kappa shape index (κ3) is 5.42. The van der Waals surface area contributed by atoms with Crippen LogP contribution in [0.15, 0.2) is 48.7 Å². The van der Waals surface area contributed by atoms with E-state index in [-0.39, 0.29) is 11.7 Å². The van der Waals surface area contributed by atoms with Crippen LogP contribution in [0, 0.1) is 5.82 Å². The summed E-state index contributed by atoms with van der Waals surface area (Å²) in [5.41, 5.74) is 3.20. The second-order valence-corrected chi connectivity index (χ2v) is 7.97. The largest absolute Gasteiger partial charge is 0.496 e. The van der Waals surface area contributed by atoms with E-state index in [0.717, 1.165) is 43.7 Å². The molecule has 1 aromatic heterocycles. The van der Waals surface area contributed by atoms with Crippen molar-refractivity contribution in [2.75, 3.05) is 46.4 Å². The van der Waals surface area contributed by atoms with Crippen molar-refractivity contribution in [2.24, 2.45) is 0 Å². The molecular formula is C24H29FN4O2. The predicted octanol–water partition coefficient (Wildman–Crippen LogP) is 2.79. The van der Waals surface area contributed by atoms with Crippen LogP contribution in [0.25, 0.3) is 10.9 Å². The van der Waals surface area contributed by atoms with Gasteiger partial charge in [0.15, 0.2) is 0 Å². The molecule has 1 aliphatic heterocycles. The Morgan fingerprint density at radius 2 is 1.87 bits per heavy atom. The van der Waals surface area contributed by atoms with Gasteiger partial charge in [-0.15, -0.1) is 0 Å². The summed E-state index contributed by atoms with van der Waals surface area (Å²) in [6.07, 6.45) is 2.82. The number of halogens is 1. The highest BCUT2D eigenvalue weighted by Crippen LogP contribution is 2.22. The first-order valence-electron chi connectivity index (χ1n) is 10.7. The van der Waals surface area contributed by atoms with Crippen molar-refractivity contribution in [3.05, 3.63) is 65.6 Å². The van der Waals surface area contributed by atoms with Crippen LogP contribution in [0.5, 0.6) is 5.75 Å². The molecule has 1 amide bonds. The monoisotopic (exact) mass is 424 g/mol. The van der Waals surface area contributed by atoms with Crippen molar-refractivity contribution < 1.29 is 13.9 Å². The van der Waals surface area contributed by atoms with Gasteiger partial charge in [0.2, 0.25) is 5.91 Å². The predicted molar refractivity (Wildman–Crippen MR) is 120 cm³/mol. The topological polar surface area (TPSA) is 60.6 Å². The number of nitrogens with one attached hydrogen (secondary N) is 2. The molecule has 6 nitrogen and oxygen atoms in total. The molecule has 0 aliphatic carbocycles. The maximum atomic E-state index is 13.6. The fourth-order valence-corrected chi connectivity index (χ4v) is 4.15. The second-order valence-electron chi connectivity index (χ2n) is 7.97. The van der Waals surface area contributed by atoms with Crippen LogP contribution in [0.3, 0.4) is 0 Å². The summed E-state index contributed by atoms with van der Waals surface area (Å²) in [4.78, 5) is 20.1. The minimum Gasteiger partial charge on any atom is -0.496 e. The Morgan fingerprint density at radius 1 is 1.10 bits per heavy atom.